The molecule has 7 heteroatoms. The van der Waals surface area contributed by atoms with E-state index in [1.54, 1.807) is 0 Å². The summed E-state index contributed by atoms with van der Waals surface area (Å²) < 4.78 is 0. The molecule has 1 aliphatic heterocycles. The van der Waals surface area contributed by atoms with Gasteiger partial charge in [-0.2, -0.15) is 0 Å². The molecule has 1 N–H and O–H groups in total. The van der Waals surface area contributed by atoms with Crippen molar-refractivity contribution in [1.82, 2.24) is 14.9 Å². The number of fused-ring (bicyclic) bond motifs is 3. The maximum Gasteiger partial charge on any atom is 0.321 e. The van der Waals surface area contributed by atoms with Gasteiger partial charge in [0.15, 0.2) is 0 Å². The zero-order valence-electron chi connectivity index (χ0n) is 19.7. The van der Waals surface area contributed by atoms with Crippen LogP contribution < -0.4 is 10.2 Å². The van der Waals surface area contributed by atoms with E-state index in [1.807, 2.05) is 52.6 Å². The highest BCUT2D eigenvalue weighted by molar-refractivity contribution is 7.19. The number of nitrogens with zero attached hydrogens (tertiary/aromatic N) is 4. The summed E-state index contributed by atoms with van der Waals surface area (Å²) in [6.45, 7) is 2.88. The van der Waals surface area contributed by atoms with E-state index >= 15 is 0 Å². The first-order valence-corrected chi connectivity index (χ1v) is 13.3. The highest BCUT2D eigenvalue weighted by Gasteiger charge is 2.27. The van der Waals surface area contributed by atoms with Gasteiger partial charge in [0.25, 0.3) is 0 Å². The minimum absolute atomic E-state index is 0.0404. The normalized spacial score (nSPS) is 15.8. The maximum atomic E-state index is 12.8. The number of aryl methyl sites for hydroxylation is 2. The number of nitrogens with one attached hydrogen (secondary N) is 1. The predicted octanol–water partition coefficient (Wildman–Crippen LogP) is 5.52. The molecule has 2 aromatic heterocycles. The fraction of sp³-hybridized carbons (Fsp3) is 0.321. The average molecular weight is 484 g/mol. The molecule has 178 valence electrons. The Bertz CT molecular complexity index is 1330. The Morgan fingerprint density at radius 2 is 1.60 bits per heavy atom. The molecule has 1 saturated heterocycles. The molecule has 1 fully saturated rings. The van der Waals surface area contributed by atoms with Crippen LogP contribution in [0.25, 0.3) is 10.2 Å². The van der Waals surface area contributed by atoms with Crippen LogP contribution in [0.4, 0.5) is 16.3 Å². The van der Waals surface area contributed by atoms with Crippen LogP contribution in [0.3, 0.4) is 0 Å². The summed E-state index contributed by atoms with van der Waals surface area (Å²) in [5, 5.41) is 4.27. The van der Waals surface area contributed by atoms with Crippen LogP contribution in [0.5, 0.6) is 0 Å². The monoisotopic (exact) mass is 483 g/mol. The molecule has 0 radical (unpaired) electrons. The highest BCUT2D eigenvalue weighted by Crippen LogP contribution is 2.40. The summed E-state index contributed by atoms with van der Waals surface area (Å²) >= 11 is 1.86. The number of urea groups is 1. The van der Waals surface area contributed by atoms with Gasteiger partial charge in [-0.1, -0.05) is 48.5 Å². The number of carbonyl (C=O) groups excluding carboxylic acids is 1. The van der Waals surface area contributed by atoms with Crippen LogP contribution in [0.2, 0.25) is 0 Å². The molecule has 2 amide bonds. The lowest BCUT2D eigenvalue weighted by Crippen LogP contribution is -2.50. The van der Waals surface area contributed by atoms with Crippen molar-refractivity contribution in [1.29, 1.82) is 0 Å². The van der Waals surface area contributed by atoms with Crippen LogP contribution in [0.15, 0.2) is 60.7 Å². The number of benzene rings is 2. The molecular weight excluding hydrogens is 454 g/mol. The molecule has 2 aromatic carbocycles. The average Bonchev–Trinajstić information content (AvgIpc) is 3.28. The maximum absolute atomic E-state index is 12.8. The second-order valence-corrected chi connectivity index (χ2v) is 10.4. The van der Waals surface area contributed by atoms with E-state index in [0.717, 1.165) is 54.5 Å². The van der Waals surface area contributed by atoms with Gasteiger partial charge in [-0.3, -0.25) is 0 Å². The first-order valence-electron chi connectivity index (χ1n) is 12.5. The number of aromatic nitrogens is 2. The van der Waals surface area contributed by atoms with Crippen molar-refractivity contribution in [2.24, 2.45) is 0 Å². The lowest BCUT2D eigenvalue weighted by atomic mass is 9.96. The zero-order valence-corrected chi connectivity index (χ0v) is 20.6. The number of piperazine rings is 1. The largest absolute Gasteiger partial charge is 0.352 e. The second kappa shape index (κ2) is 9.66. The first kappa shape index (κ1) is 22.0. The number of hydrogen-bond donors (Lipinski definition) is 1. The van der Waals surface area contributed by atoms with Crippen LogP contribution in [0, 0.1) is 0 Å². The number of carbonyl (C=O) groups is 1. The number of amides is 2. The van der Waals surface area contributed by atoms with Crippen LogP contribution >= 0.6 is 11.3 Å². The fourth-order valence-electron chi connectivity index (χ4n) is 5.11. The molecule has 1 aliphatic carbocycles. The van der Waals surface area contributed by atoms with Crippen molar-refractivity contribution < 1.29 is 4.79 Å². The van der Waals surface area contributed by atoms with Crippen molar-refractivity contribution in [3.63, 3.8) is 0 Å². The molecule has 6 nitrogen and oxygen atoms in total. The van der Waals surface area contributed by atoms with Gasteiger partial charge in [0.1, 0.15) is 16.5 Å². The molecular formula is C28H29N5OS. The number of hydrogen-bond acceptors (Lipinski definition) is 5. The number of thiophene rings is 1. The smallest absolute Gasteiger partial charge is 0.321 e. The fourth-order valence-corrected chi connectivity index (χ4v) is 6.39. The van der Waals surface area contributed by atoms with Gasteiger partial charge < -0.3 is 15.1 Å². The van der Waals surface area contributed by atoms with Gasteiger partial charge in [0.05, 0.1) is 5.39 Å². The Kier molecular flexibility index (Phi) is 6.08. The molecule has 0 atom stereocenters. The van der Waals surface area contributed by atoms with Gasteiger partial charge >= 0.3 is 6.03 Å². The van der Waals surface area contributed by atoms with Crippen LogP contribution in [-0.2, 0) is 19.3 Å². The third-order valence-electron chi connectivity index (χ3n) is 6.94. The highest BCUT2D eigenvalue weighted by atomic mass is 32.1. The molecule has 6 rings (SSSR count). The van der Waals surface area contributed by atoms with Gasteiger partial charge in [-0.25, -0.2) is 14.8 Å². The van der Waals surface area contributed by atoms with Crippen molar-refractivity contribution in [2.75, 3.05) is 36.4 Å². The molecule has 0 bridgehead atoms. The van der Waals surface area contributed by atoms with E-state index in [1.165, 1.54) is 34.2 Å². The third-order valence-corrected chi connectivity index (χ3v) is 8.12. The number of para-hydroxylation sites is 1. The summed E-state index contributed by atoms with van der Waals surface area (Å²) in [6.07, 6.45) is 5.48. The van der Waals surface area contributed by atoms with E-state index in [0.29, 0.717) is 13.1 Å². The van der Waals surface area contributed by atoms with Gasteiger partial charge in [0, 0.05) is 43.2 Å². The minimum Gasteiger partial charge on any atom is -0.352 e. The van der Waals surface area contributed by atoms with E-state index in [2.05, 4.69) is 34.5 Å². The van der Waals surface area contributed by atoms with Gasteiger partial charge in [-0.05, 0) is 48.9 Å². The second-order valence-electron chi connectivity index (χ2n) is 9.29. The summed E-state index contributed by atoms with van der Waals surface area (Å²) in [5.41, 5.74) is 3.51. The molecule has 0 saturated carbocycles. The van der Waals surface area contributed by atoms with Gasteiger partial charge in [0.2, 0.25) is 0 Å². The lowest BCUT2D eigenvalue weighted by Gasteiger charge is -2.36. The van der Waals surface area contributed by atoms with Crippen LogP contribution in [-0.4, -0.2) is 47.1 Å². The van der Waals surface area contributed by atoms with E-state index in [4.69, 9.17) is 9.97 Å². The number of rotatable bonds is 4. The SMILES string of the molecule is O=C(Nc1ccccc1)N1CCN(c2nc(Cc3ccccc3)nc3sc4c(c23)CCCC4)CC1. The van der Waals surface area contributed by atoms with Crippen molar-refractivity contribution in [2.45, 2.75) is 32.1 Å². The standard InChI is InChI=1S/C28H29N5OS/c34-28(29-21-11-5-2-6-12-21)33-17-15-32(16-18-33)26-25-22-13-7-8-14-23(22)35-27(25)31-24(30-26)19-20-9-3-1-4-10-20/h1-6,9-12H,7-8,13-19H2,(H,29,34). The summed E-state index contributed by atoms with van der Waals surface area (Å²) in [7, 11) is 0. The molecule has 4 aromatic rings. The number of anilines is 2. The van der Waals surface area contributed by atoms with Gasteiger partial charge in [-0.15, -0.1) is 11.3 Å². The van der Waals surface area contributed by atoms with E-state index in [9.17, 15) is 4.79 Å². The zero-order chi connectivity index (χ0) is 23.6. The first-order chi connectivity index (χ1) is 17.2. The van der Waals surface area contributed by atoms with E-state index in [-0.39, 0.29) is 6.03 Å². The Morgan fingerprint density at radius 1 is 0.886 bits per heavy atom. The topological polar surface area (TPSA) is 61.4 Å². The van der Waals surface area contributed by atoms with E-state index < -0.39 is 0 Å². The minimum atomic E-state index is -0.0404. The summed E-state index contributed by atoms with van der Waals surface area (Å²) in [4.78, 5) is 29.8. The molecule has 0 unspecified atom stereocenters. The molecule has 35 heavy (non-hydrogen) atoms. The molecule has 2 aliphatic rings. The third kappa shape index (κ3) is 4.60. The predicted molar refractivity (Wildman–Crippen MR) is 143 cm³/mol. The summed E-state index contributed by atoms with van der Waals surface area (Å²) in [6, 6.07) is 20.1. The Balaban J connectivity index is 1.27. The molecule has 0 spiro atoms. The lowest BCUT2D eigenvalue weighted by molar-refractivity contribution is 0.208. The Morgan fingerprint density at radius 3 is 2.37 bits per heavy atom. The van der Waals surface area contributed by atoms with Crippen LogP contribution in [0.1, 0.15) is 34.7 Å². The Labute approximate surface area is 209 Å². The quantitative estimate of drug-likeness (QED) is 0.416. The Hall–Kier alpha value is -3.45. The molecule has 3 heterocycles. The van der Waals surface area contributed by atoms with Crippen molar-refractivity contribution in [3.8, 4) is 0 Å². The summed E-state index contributed by atoms with van der Waals surface area (Å²) in [5.74, 6) is 1.94. The van der Waals surface area contributed by atoms with Crippen molar-refractivity contribution in [3.05, 3.63) is 82.5 Å². The van der Waals surface area contributed by atoms with Crippen molar-refractivity contribution >= 4 is 39.1 Å².